The molecule has 1 aliphatic heterocycles. The van der Waals surface area contributed by atoms with Crippen LogP contribution in [0.15, 0.2) is 64.8 Å². The van der Waals surface area contributed by atoms with Gasteiger partial charge in [-0.1, -0.05) is 36.9 Å². The number of nitrogens with zero attached hydrogens (tertiary/aromatic N) is 1. The van der Waals surface area contributed by atoms with Crippen molar-refractivity contribution in [2.75, 3.05) is 6.54 Å². The maximum absolute atomic E-state index is 13.6. The van der Waals surface area contributed by atoms with Gasteiger partial charge >= 0.3 is 0 Å². The number of carbonyl (C=O) groups excluding carboxylic acids is 2. The lowest BCUT2D eigenvalue weighted by Crippen LogP contribution is -2.65. The lowest BCUT2D eigenvalue weighted by atomic mass is 9.79. The Bertz CT molecular complexity index is 1130. The fraction of sp³-hybridized carbons (Fsp3) is 0.440. The Balaban J connectivity index is 1.74. The number of carbonyl (C=O) groups is 2. The van der Waals surface area contributed by atoms with Gasteiger partial charge in [0.2, 0.25) is 11.0 Å². The number of rotatable bonds is 8. The average Bonchev–Trinajstić information content (AvgIpc) is 3.23. The van der Waals surface area contributed by atoms with E-state index in [-0.39, 0.29) is 22.6 Å². The van der Waals surface area contributed by atoms with E-state index in [0.717, 1.165) is 5.56 Å². The smallest absolute Gasteiger partial charge is 0.277 e. The van der Waals surface area contributed by atoms with Crippen molar-refractivity contribution in [3.63, 3.8) is 0 Å². The second kappa shape index (κ2) is 9.76. The number of nitrogens with one attached hydrogen (secondary N) is 2. The van der Waals surface area contributed by atoms with Gasteiger partial charge in [0, 0.05) is 29.7 Å². The van der Waals surface area contributed by atoms with Crippen LogP contribution in [-0.4, -0.2) is 48.2 Å². The van der Waals surface area contributed by atoms with E-state index >= 15 is 0 Å². The van der Waals surface area contributed by atoms with Crippen molar-refractivity contribution in [1.82, 2.24) is 14.9 Å². The maximum Gasteiger partial charge on any atom is 0.277 e. The Labute approximate surface area is 201 Å². The number of hydrogen-bond donors (Lipinski definition) is 2. The first-order valence-corrected chi connectivity index (χ1v) is 12.7. The largest absolute Gasteiger partial charge is 0.451 e. The first-order chi connectivity index (χ1) is 15.9. The van der Waals surface area contributed by atoms with Crippen LogP contribution in [0.5, 0.6) is 0 Å². The van der Waals surface area contributed by atoms with Gasteiger partial charge in [0.1, 0.15) is 6.26 Å². The van der Waals surface area contributed by atoms with Crippen LogP contribution in [0.2, 0.25) is 0 Å². The van der Waals surface area contributed by atoms with E-state index in [1.165, 1.54) is 22.7 Å². The van der Waals surface area contributed by atoms with Gasteiger partial charge in [0.25, 0.3) is 15.9 Å². The van der Waals surface area contributed by atoms with Crippen molar-refractivity contribution in [2.45, 2.75) is 69.2 Å². The molecule has 1 aliphatic rings. The van der Waals surface area contributed by atoms with Crippen molar-refractivity contribution in [2.24, 2.45) is 0 Å². The molecule has 1 saturated heterocycles. The van der Waals surface area contributed by atoms with E-state index in [1.54, 1.807) is 0 Å². The summed E-state index contributed by atoms with van der Waals surface area (Å²) in [5, 5.41) is 5.40. The molecule has 2 N–H and O–H groups in total. The molecular weight excluding hydrogens is 454 g/mol. The van der Waals surface area contributed by atoms with Crippen LogP contribution >= 0.6 is 0 Å². The van der Waals surface area contributed by atoms with E-state index in [1.807, 2.05) is 58.0 Å². The molecular formula is C25H33N3O5S. The van der Waals surface area contributed by atoms with E-state index in [4.69, 9.17) is 4.42 Å². The van der Waals surface area contributed by atoms with Crippen LogP contribution in [0.25, 0.3) is 0 Å². The Morgan fingerprint density at radius 1 is 1.15 bits per heavy atom. The molecule has 184 valence electrons. The summed E-state index contributed by atoms with van der Waals surface area (Å²) in [6, 6.07) is 10.8. The topological polar surface area (TPSA) is 109 Å². The highest BCUT2D eigenvalue weighted by atomic mass is 32.2. The maximum atomic E-state index is 13.6. The van der Waals surface area contributed by atoms with Gasteiger partial charge in [-0.3, -0.25) is 9.59 Å². The molecule has 9 heteroatoms. The molecule has 1 aromatic carbocycles. The molecule has 34 heavy (non-hydrogen) atoms. The molecule has 0 spiro atoms. The summed E-state index contributed by atoms with van der Waals surface area (Å²) in [6.07, 6.45) is 3.88. The predicted octanol–water partition coefficient (Wildman–Crippen LogP) is 3.26. The molecule has 0 atom stereocenters. The third-order valence-electron chi connectivity index (χ3n) is 6.00. The van der Waals surface area contributed by atoms with E-state index in [0.29, 0.717) is 25.8 Å². The molecule has 0 aliphatic carbocycles. The number of furan rings is 1. The van der Waals surface area contributed by atoms with Crippen molar-refractivity contribution in [1.29, 1.82) is 0 Å². The summed E-state index contributed by atoms with van der Waals surface area (Å²) >= 11 is 0. The minimum atomic E-state index is -4.06. The minimum absolute atomic E-state index is 0.149. The Hall–Kier alpha value is -2.91. The molecule has 2 amide bonds. The predicted molar refractivity (Wildman–Crippen MR) is 130 cm³/mol. The summed E-state index contributed by atoms with van der Waals surface area (Å²) in [7, 11) is -4.06. The third kappa shape index (κ3) is 5.59. The van der Waals surface area contributed by atoms with Crippen LogP contribution in [0.1, 0.15) is 56.5 Å². The monoisotopic (exact) mass is 487 g/mol. The quantitative estimate of drug-likeness (QED) is 0.556. The van der Waals surface area contributed by atoms with E-state index in [2.05, 4.69) is 17.2 Å². The zero-order valence-electron chi connectivity index (χ0n) is 20.1. The molecule has 0 bridgehead atoms. The Morgan fingerprint density at radius 2 is 1.76 bits per heavy atom. The molecule has 8 nitrogen and oxygen atoms in total. The molecule has 3 rings (SSSR count). The van der Waals surface area contributed by atoms with Gasteiger partial charge < -0.3 is 15.1 Å². The molecule has 2 heterocycles. The van der Waals surface area contributed by atoms with Gasteiger partial charge in [0.05, 0.1) is 5.56 Å². The second-order valence-electron chi connectivity index (χ2n) is 9.86. The van der Waals surface area contributed by atoms with Crippen molar-refractivity contribution < 1.29 is 22.4 Å². The van der Waals surface area contributed by atoms with Gasteiger partial charge in [-0.25, -0.2) is 8.42 Å². The molecule has 1 fully saturated rings. The van der Waals surface area contributed by atoms with Gasteiger partial charge in [-0.05, 0) is 58.6 Å². The van der Waals surface area contributed by atoms with Crippen molar-refractivity contribution in [3.05, 3.63) is 66.4 Å². The number of sulfonamides is 1. The fourth-order valence-corrected chi connectivity index (χ4v) is 7.08. The summed E-state index contributed by atoms with van der Waals surface area (Å²) < 4.78 is 34.1. The fourth-order valence-electron chi connectivity index (χ4n) is 5.00. The summed E-state index contributed by atoms with van der Waals surface area (Å²) in [5.74, 6) is -0.688. The zero-order valence-corrected chi connectivity index (χ0v) is 20.9. The summed E-state index contributed by atoms with van der Waals surface area (Å²) in [6.45, 7) is 11.2. The Kier molecular flexibility index (Phi) is 7.38. The van der Waals surface area contributed by atoms with Crippen LogP contribution in [-0.2, 0) is 21.2 Å². The summed E-state index contributed by atoms with van der Waals surface area (Å²) in [4.78, 5) is 24.4. The SMILES string of the molecule is C=CC(=O)NC1CC(C)(C)N(S(=O)(=O)c2cc(C(=O)NCCc3ccccc3)co2)C(C)(C)C1. The average molecular weight is 488 g/mol. The van der Waals surface area contributed by atoms with Gasteiger partial charge in [0.15, 0.2) is 0 Å². The van der Waals surface area contributed by atoms with E-state index in [9.17, 15) is 18.0 Å². The van der Waals surface area contributed by atoms with Crippen LogP contribution in [0.3, 0.4) is 0 Å². The van der Waals surface area contributed by atoms with Crippen LogP contribution in [0.4, 0.5) is 0 Å². The van der Waals surface area contributed by atoms with Crippen LogP contribution in [0, 0.1) is 0 Å². The van der Waals surface area contributed by atoms with Crippen molar-refractivity contribution >= 4 is 21.8 Å². The van der Waals surface area contributed by atoms with Crippen LogP contribution < -0.4 is 10.6 Å². The molecule has 0 saturated carbocycles. The molecule has 0 unspecified atom stereocenters. The summed E-state index contributed by atoms with van der Waals surface area (Å²) in [5.41, 5.74) is -0.388. The molecule has 1 aromatic heterocycles. The lowest BCUT2D eigenvalue weighted by Gasteiger charge is -2.53. The third-order valence-corrected chi connectivity index (χ3v) is 8.19. The minimum Gasteiger partial charge on any atom is -0.451 e. The molecule has 2 aromatic rings. The highest BCUT2D eigenvalue weighted by Crippen LogP contribution is 2.42. The van der Waals surface area contributed by atoms with E-state index < -0.39 is 27.0 Å². The normalized spacial score (nSPS) is 18.2. The van der Waals surface area contributed by atoms with Crippen molar-refractivity contribution in [3.8, 4) is 0 Å². The number of hydrogen-bond acceptors (Lipinski definition) is 5. The lowest BCUT2D eigenvalue weighted by molar-refractivity contribution is -0.118. The standard InChI is InChI=1S/C25H33N3O5S/c1-6-21(29)27-20-15-24(2,3)28(25(4,5)16-20)34(31,32)22-14-19(17-33-22)23(30)26-13-12-18-10-8-7-9-11-18/h6-11,14,17,20H,1,12-13,15-16H2,2-5H3,(H,26,30)(H,27,29). The second-order valence-corrected chi connectivity index (χ2v) is 11.6. The first kappa shape index (κ1) is 25.7. The van der Waals surface area contributed by atoms with Gasteiger partial charge in [-0.15, -0.1) is 0 Å². The number of benzene rings is 1. The highest BCUT2D eigenvalue weighted by Gasteiger charge is 2.52. The van der Waals surface area contributed by atoms with Gasteiger partial charge in [-0.2, -0.15) is 4.31 Å². The number of amides is 2. The highest BCUT2D eigenvalue weighted by molar-refractivity contribution is 7.89. The number of piperidine rings is 1. The first-order valence-electron chi connectivity index (χ1n) is 11.3. The molecule has 0 radical (unpaired) electrons. The zero-order chi connectivity index (χ0) is 25.1. The Morgan fingerprint density at radius 3 is 2.35 bits per heavy atom.